The summed E-state index contributed by atoms with van der Waals surface area (Å²) in [5, 5.41) is 10.8. The van der Waals surface area contributed by atoms with Crippen molar-refractivity contribution in [2.45, 2.75) is 44.9 Å². The molecule has 3 unspecified atom stereocenters. The number of ketones is 1. The van der Waals surface area contributed by atoms with Crippen molar-refractivity contribution < 1.29 is 19.5 Å². The van der Waals surface area contributed by atoms with Crippen molar-refractivity contribution in [2.75, 3.05) is 6.26 Å². The molecular weight excluding hydrogens is 254 g/mol. The number of carboxylic acids is 1. The van der Waals surface area contributed by atoms with E-state index in [0.717, 1.165) is 0 Å². The highest BCUT2D eigenvalue weighted by Gasteiger charge is 2.22. The van der Waals surface area contributed by atoms with Crippen molar-refractivity contribution in [3.63, 3.8) is 0 Å². The number of amides is 1. The van der Waals surface area contributed by atoms with Gasteiger partial charge < -0.3 is 10.4 Å². The third kappa shape index (κ3) is 6.64. The maximum absolute atomic E-state index is 11.8. The lowest BCUT2D eigenvalue weighted by molar-refractivity contribution is -0.138. The summed E-state index contributed by atoms with van der Waals surface area (Å²) in [6.07, 6.45) is 2.08. The second-order valence-electron chi connectivity index (χ2n) is 4.48. The Labute approximate surface area is 112 Å². The molecule has 104 valence electrons. The van der Waals surface area contributed by atoms with Gasteiger partial charge in [0.2, 0.25) is 5.91 Å². The van der Waals surface area contributed by atoms with E-state index in [4.69, 9.17) is 5.11 Å². The molecule has 0 spiro atoms. The molecule has 0 radical (unpaired) electrons. The van der Waals surface area contributed by atoms with Crippen LogP contribution >= 0.6 is 11.8 Å². The number of hydrogen-bond acceptors (Lipinski definition) is 4. The zero-order valence-electron chi connectivity index (χ0n) is 11.2. The highest BCUT2D eigenvalue weighted by molar-refractivity contribution is 7.99. The van der Waals surface area contributed by atoms with Gasteiger partial charge in [-0.15, -0.1) is 0 Å². The average molecular weight is 275 g/mol. The zero-order chi connectivity index (χ0) is 14.3. The van der Waals surface area contributed by atoms with E-state index in [-0.39, 0.29) is 30.1 Å². The fourth-order valence-electron chi connectivity index (χ4n) is 1.53. The normalized spacial score (nSPS) is 15.6. The first-order chi connectivity index (χ1) is 8.27. The molecule has 0 saturated carbocycles. The van der Waals surface area contributed by atoms with Crippen molar-refractivity contribution >= 4 is 29.4 Å². The molecule has 0 aromatic rings. The Kier molecular flexibility index (Phi) is 7.66. The number of carbonyl (C=O) groups is 3. The summed E-state index contributed by atoms with van der Waals surface area (Å²) in [5.41, 5.74) is 0. The van der Waals surface area contributed by atoms with Crippen molar-refractivity contribution in [1.82, 2.24) is 5.32 Å². The second-order valence-corrected chi connectivity index (χ2v) is 5.52. The maximum Gasteiger partial charge on any atom is 0.305 e. The lowest BCUT2D eigenvalue weighted by atomic mass is 9.99. The van der Waals surface area contributed by atoms with E-state index in [1.807, 2.05) is 13.8 Å². The first-order valence-electron chi connectivity index (χ1n) is 5.83. The van der Waals surface area contributed by atoms with Gasteiger partial charge in [-0.2, -0.15) is 11.8 Å². The summed E-state index contributed by atoms with van der Waals surface area (Å²) in [5.74, 6) is -1.29. The van der Waals surface area contributed by atoms with Gasteiger partial charge in [0.05, 0.1) is 11.7 Å². The van der Waals surface area contributed by atoms with Crippen LogP contribution in [-0.2, 0) is 14.4 Å². The van der Waals surface area contributed by atoms with E-state index < -0.39 is 11.2 Å². The van der Waals surface area contributed by atoms with Gasteiger partial charge in [-0.1, -0.05) is 6.92 Å². The summed E-state index contributed by atoms with van der Waals surface area (Å²) >= 11 is 1.21. The fourth-order valence-corrected chi connectivity index (χ4v) is 2.12. The fraction of sp³-hybridized carbons (Fsp3) is 0.750. The van der Waals surface area contributed by atoms with Crippen LogP contribution in [0.3, 0.4) is 0 Å². The van der Waals surface area contributed by atoms with E-state index in [0.29, 0.717) is 6.42 Å². The molecule has 2 N–H and O–H groups in total. The molecule has 6 heteroatoms. The van der Waals surface area contributed by atoms with Gasteiger partial charge in [0.15, 0.2) is 0 Å². The molecule has 5 nitrogen and oxygen atoms in total. The van der Waals surface area contributed by atoms with Crippen LogP contribution in [0.2, 0.25) is 0 Å². The number of aliphatic carboxylic acids is 1. The van der Waals surface area contributed by atoms with Crippen LogP contribution < -0.4 is 5.32 Å². The average Bonchev–Trinajstić information content (AvgIpc) is 2.24. The topological polar surface area (TPSA) is 83.5 Å². The van der Waals surface area contributed by atoms with Gasteiger partial charge in [0.1, 0.15) is 5.78 Å². The molecule has 0 aliphatic rings. The van der Waals surface area contributed by atoms with Crippen LogP contribution in [0, 0.1) is 5.92 Å². The van der Waals surface area contributed by atoms with Gasteiger partial charge in [0.25, 0.3) is 0 Å². The highest BCUT2D eigenvalue weighted by atomic mass is 32.2. The van der Waals surface area contributed by atoms with Crippen molar-refractivity contribution in [2.24, 2.45) is 5.92 Å². The molecule has 18 heavy (non-hydrogen) atoms. The SMILES string of the molecule is CSC(CC(=O)O)C(=O)NC(C)CC(C)C(C)=O. The Morgan fingerprint density at radius 2 is 1.83 bits per heavy atom. The smallest absolute Gasteiger partial charge is 0.305 e. The number of rotatable bonds is 8. The second kappa shape index (κ2) is 8.13. The lowest BCUT2D eigenvalue weighted by Gasteiger charge is -2.19. The summed E-state index contributed by atoms with van der Waals surface area (Å²) in [4.78, 5) is 33.5. The molecule has 0 aromatic carbocycles. The molecule has 1 amide bonds. The first kappa shape index (κ1) is 17.0. The van der Waals surface area contributed by atoms with Gasteiger partial charge in [-0.25, -0.2) is 0 Å². The minimum absolute atomic E-state index is 0.0862. The first-order valence-corrected chi connectivity index (χ1v) is 7.12. The molecule has 0 bridgehead atoms. The Morgan fingerprint density at radius 3 is 2.22 bits per heavy atom. The molecule has 0 aliphatic carbocycles. The number of hydrogen-bond donors (Lipinski definition) is 2. The maximum atomic E-state index is 11.8. The Balaban J connectivity index is 4.27. The monoisotopic (exact) mass is 275 g/mol. The number of Topliss-reactive ketones (excluding diaryl/α,β-unsaturated/α-hetero) is 1. The molecule has 3 atom stereocenters. The largest absolute Gasteiger partial charge is 0.481 e. The Hall–Kier alpha value is -1.04. The van der Waals surface area contributed by atoms with Crippen LogP contribution in [0.4, 0.5) is 0 Å². The predicted molar refractivity (Wildman–Crippen MR) is 71.6 cm³/mol. The molecular formula is C12H21NO4S. The van der Waals surface area contributed by atoms with Gasteiger partial charge in [0, 0.05) is 12.0 Å². The third-order valence-electron chi connectivity index (χ3n) is 2.73. The lowest BCUT2D eigenvalue weighted by Crippen LogP contribution is -2.40. The number of carbonyl (C=O) groups excluding carboxylic acids is 2. The predicted octanol–water partition coefficient (Wildman–Crippen LogP) is 1.31. The quantitative estimate of drug-likeness (QED) is 0.698. The number of thioether (sulfide) groups is 1. The Bertz CT molecular complexity index is 319. The van der Waals surface area contributed by atoms with E-state index in [9.17, 15) is 14.4 Å². The van der Waals surface area contributed by atoms with Crippen LogP contribution in [0.1, 0.15) is 33.6 Å². The van der Waals surface area contributed by atoms with Crippen LogP contribution in [0.25, 0.3) is 0 Å². The standard InChI is InChI=1S/C12H21NO4S/c1-7(9(3)14)5-8(2)13-12(17)10(18-4)6-11(15)16/h7-8,10H,5-6H2,1-4H3,(H,13,17)(H,15,16). The van der Waals surface area contributed by atoms with Crippen LogP contribution in [0.5, 0.6) is 0 Å². The summed E-state index contributed by atoms with van der Waals surface area (Å²) in [6.45, 7) is 5.15. The molecule has 0 aromatic heterocycles. The molecule has 0 heterocycles. The van der Waals surface area contributed by atoms with Gasteiger partial charge in [-0.3, -0.25) is 14.4 Å². The number of carboxylic acid groups (broad SMARTS) is 1. The van der Waals surface area contributed by atoms with E-state index in [2.05, 4.69) is 5.32 Å². The van der Waals surface area contributed by atoms with Crippen LogP contribution in [0.15, 0.2) is 0 Å². The molecule has 0 saturated heterocycles. The molecule has 0 rings (SSSR count). The minimum Gasteiger partial charge on any atom is -0.481 e. The Morgan fingerprint density at radius 1 is 1.28 bits per heavy atom. The van der Waals surface area contributed by atoms with Crippen molar-refractivity contribution in [1.29, 1.82) is 0 Å². The molecule has 0 aliphatic heterocycles. The van der Waals surface area contributed by atoms with Crippen molar-refractivity contribution in [3.05, 3.63) is 0 Å². The van der Waals surface area contributed by atoms with Gasteiger partial charge in [-0.05, 0) is 26.5 Å². The van der Waals surface area contributed by atoms with E-state index in [1.165, 1.54) is 18.7 Å². The van der Waals surface area contributed by atoms with Crippen LogP contribution in [-0.4, -0.2) is 40.3 Å². The summed E-state index contributed by atoms with van der Waals surface area (Å²) < 4.78 is 0. The highest BCUT2D eigenvalue weighted by Crippen LogP contribution is 2.13. The van der Waals surface area contributed by atoms with E-state index >= 15 is 0 Å². The minimum atomic E-state index is -0.991. The zero-order valence-corrected chi connectivity index (χ0v) is 12.0. The summed E-state index contributed by atoms with van der Waals surface area (Å²) in [6, 6.07) is -0.139. The van der Waals surface area contributed by atoms with E-state index in [1.54, 1.807) is 6.26 Å². The summed E-state index contributed by atoms with van der Waals surface area (Å²) in [7, 11) is 0. The molecule has 0 fully saturated rings. The van der Waals surface area contributed by atoms with Crippen molar-refractivity contribution in [3.8, 4) is 0 Å². The number of nitrogens with one attached hydrogen (secondary N) is 1. The third-order valence-corrected chi connectivity index (χ3v) is 3.68. The van der Waals surface area contributed by atoms with Gasteiger partial charge >= 0.3 is 5.97 Å².